The number of benzene rings is 1. The summed E-state index contributed by atoms with van der Waals surface area (Å²) in [6.45, 7) is 24.3. The summed E-state index contributed by atoms with van der Waals surface area (Å²) in [5.41, 5.74) is 5.23. The van der Waals surface area contributed by atoms with E-state index in [2.05, 4.69) is 51.3 Å². The van der Waals surface area contributed by atoms with Crippen LogP contribution < -0.4 is 0 Å². The van der Waals surface area contributed by atoms with E-state index in [1.54, 1.807) is 0 Å². The summed E-state index contributed by atoms with van der Waals surface area (Å²) in [4.78, 5) is 0. The van der Waals surface area contributed by atoms with Gasteiger partial charge < -0.3 is 0 Å². The fourth-order valence-electron chi connectivity index (χ4n) is 2.47. The van der Waals surface area contributed by atoms with Gasteiger partial charge in [-0.1, -0.05) is 105 Å². The third-order valence-corrected chi connectivity index (χ3v) is 3.26. The van der Waals surface area contributed by atoms with Crippen molar-refractivity contribution in [3.8, 4) is 0 Å². The maximum absolute atomic E-state index is 3.91. The van der Waals surface area contributed by atoms with Crippen molar-refractivity contribution < 1.29 is 0 Å². The quantitative estimate of drug-likeness (QED) is 0.540. The van der Waals surface area contributed by atoms with E-state index in [0.29, 0.717) is 0 Å². The van der Waals surface area contributed by atoms with E-state index in [1.807, 2.05) is 53.7 Å². The van der Waals surface area contributed by atoms with Gasteiger partial charge in [0, 0.05) is 5.41 Å². The van der Waals surface area contributed by atoms with Crippen LogP contribution in [0.5, 0.6) is 0 Å². The van der Waals surface area contributed by atoms with E-state index < -0.39 is 0 Å². The second-order valence-electron chi connectivity index (χ2n) is 4.41. The van der Waals surface area contributed by atoms with Gasteiger partial charge in [0.2, 0.25) is 0 Å². The van der Waals surface area contributed by atoms with Crippen molar-refractivity contribution >= 4 is 5.57 Å². The Morgan fingerprint density at radius 3 is 1.71 bits per heavy atom. The molecule has 1 aromatic rings. The lowest BCUT2D eigenvalue weighted by molar-refractivity contribution is 0.654. The van der Waals surface area contributed by atoms with E-state index in [1.165, 1.54) is 22.3 Å². The van der Waals surface area contributed by atoms with Crippen molar-refractivity contribution in [2.75, 3.05) is 0 Å². The van der Waals surface area contributed by atoms with E-state index in [-0.39, 0.29) is 5.41 Å². The molecule has 2 rings (SSSR count). The highest BCUT2D eigenvalue weighted by Gasteiger charge is 2.34. The summed E-state index contributed by atoms with van der Waals surface area (Å²) in [6, 6.07) is 8.51. The lowest BCUT2D eigenvalue weighted by atomic mass is 9.81. The van der Waals surface area contributed by atoms with Crippen LogP contribution in [0.15, 0.2) is 55.1 Å². The molecule has 0 unspecified atom stereocenters. The van der Waals surface area contributed by atoms with Crippen molar-refractivity contribution in [1.29, 1.82) is 0 Å². The predicted octanol–water partition coefficient (Wildman–Crippen LogP) is 7.18. The molecule has 0 bridgehead atoms. The highest BCUT2D eigenvalue weighted by molar-refractivity contribution is 5.87. The second kappa shape index (κ2) is 11.1. The zero-order valence-corrected chi connectivity index (χ0v) is 15.4. The molecule has 0 nitrogen and oxygen atoms in total. The number of fused-ring (bicyclic) bond motifs is 1. The lowest BCUT2D eigenvalue weighted by Gasteiger charge is -2.22. The third-order valence-electron chi connectivity index (χ3n) is 3.26. The maximum atomic E-state index is 3.91. The minimum atomic E-state index is 0.0574. The van der Waals surface area contributed by atoms with Gasteiger partial charge in [0.25, 0.3) is 0 Å². The summed E-state index contributed by atoms with van der Waals surface area (Å²) in [6.07, 6.45) is 3.89. The van der Waals surface area contributed by atoms with Gasteiger partial charge >= 0.3 is 0 Å². The van der Waals surface area contributed by atoms with Gasteiger partial charge in [-0.25, -0.2) is 0 Å². The fourth-order valence-corrected chi connectivity index (χ4v) is 2.47. The summed E-state index contributed by atoms with van der Waals surface area (Å²) >= 11 is 0. The highest BCUT2D eigenvalue weighted by atomic mass is 14.4. The third kappa shape index (κ3) is 4.46. The van der Waals surface area contributed by atoms with Crippen LogP contribution in [0.3, 0.4) is 0 Å². The average molecular weight is 287 g/mol. The first kappa shape index (κ1) is 21.7. The van der Waals surface area contributed by atoms with E-state index in [4.69, 9.17) is 0 Å². The average Bonchev–Trinajstić information content (AvgIpc) is 2.80. The molecule has 0 atom stereocenters. The Morgan fingerprint density at radius 1 is 0.810 bits per heavy atom. The molecule has 21 heavy (non-hydrogen) atoms. The molecule has 0 saturated heterocycles. The molecular formula is C21H34. The number of rotatable bonds is 2. The monoisotopic (exact) mass is 286 g/mol. The fraction of sp³-hybridized carbons (Fsp3) is 0.429. The van der Waals surface area contributed by atoms with Crippen molar-refractivity contribution in [3.05, 3.63) is 66.3 Å². The molecule has 0 heterocycles. The molecule has 0 radical (unpaired) electrons. The van der Waals surface area contributed by atoms with Gasteiger partial charge in [-0.05, 0) is 22.3 Å². The van der Waals surface area contributed by atoms with Gasteiger partial charge in [-0.2, -0.15) is 0 Å². The summed E-state index contributed by atoms with van der Waals surface area (Å²) in [7, 11) is 0. The Bertz CT molecular complexity index is 459. The Kier molecular flexibility index (Phi) is 11.5. The van der Waals surface area contributed by atoms with Crippen LogP contribution in [0.1, 0.15) is 66.5 Å². The van der Waals surface area contributed by atoms with E-state index >= 15 is 0 Å². The molecule has 118 valence electrons. The molecule has 1 aliphatic carbocycles. The zero-order valence-electron chi connectivity index (χ0n) is 15.4. The van der Waals surface area contributed by atoms with Gasteiger partial charge in [-0.3, -0.25) is 0 Å². The van der Waals surface area contributed by atoms with E-state index in [0.717, 1.165) is 0 Å². The lowest BCUT2D eigenvalue weighted by Crippen LogP contribution is -2.15. The van der Waals surface area contributed by atoms with Crippen molar-refractivity contribution in [2.45, 2.75) is 60.8 Å². The van der Waals surface area contributed by atoms with Crippen LogP contribution in [0.2, 0.25) is 0 Å². The van der Waals surface area contributed by atoms with Crippen molar-refractivity contribution in [2.24, 2.45) is 0 Å². The molecular weight excluding hydrogens is 252 g/mol. The largest absolute Gasteiger partial charge is 0.0987 e. The first-order valence-corrected chi connectivity index (χ1v) is 8.22. The van der Waals surface area contributed by atoms with Crippen LogP contribution >= 0.6 is 0 Å². The van der Waals surface area contributed by atoms with Gasteiger partial charge in [0.15, 0.2) is 0 Å². The Labute approximate surface area is 133 Å². The minimum absolute atomic E-state index is 0.0574. The number of hydrogen-bond acceptors (Lipinski definition) is 0. The molecule has 0 aliphatic heterocycles. The van der Waals surface area contributed by atoms with Crippen LogP contribution in [0.25, 0.3) is 5.57 Å². The molecule has 0 aromatic heterocycles. The summed E-state index contributed by atoms with van der Waals surface area (Å²) in [5, 5.41) is 0. The Morgan fingerprint density at radius 2 is 1.29 bits per heavy atom. The van der Waals surface area contributed by atoms with Crippen molar-refractivity contribution in [3.63, 3.8) is 0 Å². The molecule has 0 spiro atoms. The topological polar surface area (TPSA) is 0 Å². The minimum Gasteiger partial charge on any atom is -0.0987 e. The molecule has 0 heteroatoms. The first-order valence-electron chi connectivity index (χ1n) is 8.22. The standard InChI is InChI=1S/C15H16.3C2H6/c1-5-11-12-9-7-8-10-14(12)15(3,4)13(11)6-2;3*1-2/h5-10H,1-2H2,3-4H3;3*1-2H3. The maximum Gasteiger partial charge on any atom is 0.0158 e. The van der Waals surface area contributed by atoms with Crippen molar-refractivity contribution in [1.82, 2.24) is 0 Å². The zero-order chi connectivity index (χ0) is 17.1. The number of hydrogen-bond donors (Lipinski definition) is 0. The summed E-state index contributed by atoms with van der Waals surface area (Å²) in [5.74, 6) is 0. The molecule has 0 amide bonds. The molecule has 1 aliphatic rings. The smallest absolute Gasteiger partial charge is 0.0158 e. The van der Waals surface area contributed by atoms with Crippen LogP contribution in [0.4, 0.5) is 0 Å². The molecule has 1 aromatic carbocycles. The van der Waals surface area contributed by atoms with Gasteiger partial charge in [-0.15, -0.1) is 0 Å². The summed E-state index contributed by atoms with van der Waals surface area (Å²) < 4.78 is 0. The van der Waals surface area contributed by atoms with E-state index in [9.17, 15) is 0 Å². The van der Waals surface area contributed by atoms with Crippen LogP contribution in [0, 0.1) is 0 Å². The number of allylic oxidation sites excluding steroid dienone is 4. The van der Waals surface area contributed by atoms with Gasteiger partial charge in [0.1, 0.15) is 0 Å². The molecule has 0 fully saturated rings. The Hall–Kier alpha value is -1.56. The predicted molar refractivity (Wildman–Crippen MR) is 101 cm³/mol. The second-order valence-corrected chi connectivity index (χ2v) is 4.41. The Balaban J connectivity index is 0. The van der Waals surface area contributed by atoms with Crippen LogP contribution in [-0.2, 0) is 5.41 Å². The van der Waals surface area contributed by atoms with Crippen LogP contribution in [-0.4, -0.2) is 0 Å². The normalized spacial score (nSPS) is 13.3. The first-order chi connectivity index (χ1) is 10.1. The SMILES string of the molecule is C=CC1=C(C=C)C(C)(C)c2ccccc21.CC.CC.CC. The molecule has 0 N–H and O–H groups in total. The van der Waals surface area contributed by atoms with Gasteiger partial charge in [0.05, 0.1) is 0 Å². The highest BCUT2D eigenvalue weighted by Crippen LogP contribution is 2.46. The molecule has 0 saturated carbocycles.